The zero-order valence-corrected chi connectivity index (χ0v) is 12.6. The third-order valence-corrected chi connectivity index (χ3v) is 5.31. The second-order valence-corrected chi connectivity index (χ2v) is 8.26. The van der Waals surface area contributed by atoms with Crippen LogP contribution in [0.4, 0.5) is 0 Å². The minimum atomic E-state index is -0.915. The van der Waals surface area contributed by atoms with E-state index in [1.54, 1.807) is 0 Å². The van der Waals surface area contributed by atoms with Gasteiger partial charge in [0.1, 0.15) is 4.75 Å². The van der Waals surface area contributed by atoms with Gasteiger partial charge in [0.15, 0.2) is 0 Å². The van der Waals surface area contributed by atoms with Crippen LogP contribution in [0.3, 0.4) is 0 Å². The Kier molecular flexibility index (Phi) is 4.05. The van der Waals surface area contributed by atoms with Crippen LogP contribution in [-0.2, 0) is 11.4 Å². The van der Waals surface area contributed by atoms with E-state index in [1.165, 1.54) is 11.1 Å². The highest BCUT2D eigenvalue weighted by Gasteiger charge is 2.40. The summed E-state index contributed by atoms with van der Waals surface area (Å²) in [7, 11) is 0. The first-order valence-corrected chi connectivity index (χ1v) is 7.75. The maximum atomic E-state index is 12.6. The summed E-state index contributed by atoms with van der Waals surface area (Å²) < 4.78 is 14.6. The van der Waals surface area contributed by atoms with Crippen LogP contribution in [0.2, 0.25) is 0 Å². The van der Waals surface area contributed by atoms with Crippen LogP contribution in [0.5, 0.6) is 0 Å². The number of hydrogen-bond acceptors (Lipinski definition) is 2. The van der Waals surface area contributed by atoms with Gasteiger partial charge in [-0.15, -0.1) is 4.31 Å². The maximum absolute atomic E-state index is 12.6. The van der Waals surface area contributed by atoms with Gasteiger partial charge in [0, 0.05) is 17.9 Å². The molecule has 0 saturated carbocycles. The van der Waals surface area contributed by atoms with E-state index >= 15 is 0 Å². The molecular weight excluding hydrogens is 242 g/mol. The molecule has 0 aromatic heterocycles. The van der Waals surface area contributed by atoms with Crippen LogP contribution < -0.4 is 0 Å². The molecule has 1 aromatic rings. The van der Waals surface area contributed by atoms with Crippen molar-refractivity contribution in [3.05, 3.63) is 35.4 Å². The van der Waals surface area contributed by atoms with Gasteiger partial charge in [-0.3, -0.25) is 0 Å². The lowest BCUT2D eigenvalue weighted by atomic mass is 10.0. The molecule has 2 nitrogen and oxygen atoms in total. The average Bonchev–Trinajstić information content (AvgIpc) is 2.76. The van der Waals surface area contributed by atoms with E-state index < -0.39 is 11.4 Å². The molecule has 1 saturated heterocycles. The summed E-state index contributed by atoms with van der Waals surface area (Å²) in [6, 6.07) is 8.97. The standard InChI is InChI=1S/C15H23NOS/c1-12-7-9-13(10-8-12)14-6-5-11-16(14)18(17)15(2,3)4/h7-10,14H,5-6,11H2,1-4H3/t14-,18-/m0/s1. The van der Waals surface area contributed by atoms with Crippen LogP contribution in [0.15, 0.2) is 24.3 Å². The normalized spacial score (nSPS) is 23.3. The topological polar surface area (TPSA) is 26.3 Å². The van der Waals surface area contributed by atoms with Crippen LogP contribution in [0, 0.1) is 6.92 Å². The highest BCUT2D eigenvalue weighted by atomic mass is 32.2. The number of nitrogens with zero attached hydrogens (tertiary/aromatic N) is 1. The van der Waals surface area contributed by atoms with Gasteiger partial charge in [-0.1, -0.05) is 29.8 Å². The summed E-state index contributed by atoms with van der Waals surface area (Å²) in [5.74, 6) is 0. The van der Waals surface area contributed by atoms with Gasteiger partial charge in [-0.2, -0.15) is 0 Å². The van der Waals surface area contributed by atoms with Crippen LogP contribution in [0.1, 0.15) is 50.8 Å². The first-order chi connectivity index (χ1) is 8.39. The summed E-state index contributed by atoms with van der Waals surface area (Å²) in [5.41, 5.74) is 2.58. The highest BCUT2D eigenvalue weighted by molar-refractivity contribution is 7.90. The van der Waals surface area contributed by atoms with Crippen molar-refractivity contribution >= 4 is 11.4 Å². The minimum Gasteiger partial charge on any atom is -0.597 e. The summed E-state index contributed by atoms with van der Waals surface area (Å²) in [4.78, 5) is 0. The average molecular weight is 265 g/mol. The summed E-state index contributed by atoms with van der Waals surface area (Å²) in [6.07, 6.45) is 2.26. The number of aryl methyl sites for hydroxylation is 1. The van der Waals surface area contributed by atoms with Crippen molar-refractivity contribution in [2.75, 3.05) is 6.54 Å². The van der Waals surface area contributed by atoms with Crippen LogP contribution in [0.25, 0.3) is 0 Å². The summed E-state index contributed by atoms with van der Waals surface area (Å²) >= 11 is -0.915. The SMILES string of the molecule is Cc1ccc([C@@H]2CCCN2[S@@+]([O-])C(C)(C)C)cc1. The van der Waals surface area contributed by atoms with Crippen molar-refractivity contribution in [1.29, 1.82) is 0 Å². The Hall–Kier alpha value is -0.510. The Balaban J connectivity index is 2.20. The first kappa shape index (κ1) is 13.9. The Morgan fingerprint density at radius 3 is 2.39 bits per heavy atom. The quantitative estimate of drug-likeness (QED) is 0.764. The largest absolute Gasteiger partial charge is 0.597 e. The molecule has 0 unspecified atom stereocenters. The molecule has 3 heteroatoms. The minimum absolute atomic E-state index is 0.173. The van der Waals surface area contributed by atoms with Gasteiger partial charge < -0.3 is 4.55 Å². The molecule has 100 valence electrons. The van der Waals surface area contributed by atoms with E-state index in [9.17, 15) is 4.55 Å². The van der Waals surface area contributed by atoms with E-state index in [1.807, 2.05) is 20.8 Å². The fourth-order valence-electron chi connectivity index (χ4n) is 2.41. The van der Waals surface area contributed by atoms with Gasteiger partial charge in [0.05, 0.1) is 6.04 Å². The second-order valence-electron chi connectivity index (χ2n) is 6.07. The van der Waals surface area contributed by atoms with Crippen molar-refractivity contribution in [2.24, 2.45) is 0 Å². The smallest absolute Gasteiger partial charge is 0.137 e. The van der Waals surface area contributed by atoms with Gasteiger partial charge in [-0.25, -0.2) is 0 Å². The molecule has 2 atom stereocenters. The molecule has 0 amide bonds. The second kappa shape index (κ2) is 5.24. The Morgan fingerprint density at radius 1 is 1.22 bits per heavy atom. The van der Waals surface area contributed by atoms with Gasteiger partial charge in [0.25, 0.3) is 0 Å². The van der Waals surface area contributed by atoms with Crippen molar-refractivity contribution in [3.8, 4) is 0 Å². The molecular formula is C15H23NOS. The molecule has 18 heavy (non-hydrogen) atoms. The molecule has 1 aromatic carbocycles. The predicted octanol–water partition coefficient (Wildman–Crippen LogP) is 3.59. The van der Waals surface area contributed by atoms with E-state index in [4.69, 9.17) is 0 Å². The fraction of sp³-hybridized carbons (Fsp3) is 0.600. The van der Waals surface area contributed by atoms with E-state index in [-0.39, 0.29) is 4.75 Å². The van der Waals surface area contributed by atoms with E-state index in [2.05, 4.69) is 35.5 Å². The molecule has 0 aliphatic carbocycles. The predicted molar refractivity (Wildman–Crippen MR) is 77.8 cm³/mol. The molecule has 1 heterocycles. The van der Waals surface area contributed by atoms with Crippen molar-refractivity contribution < 1.29 is 4.55 Å². The zero-order valence-electron chi connectivity index (χ0n) is 11.8. The molecule has 2 rings (SSSR count). The first-order valence-electron chi connectivity index (χ1n) is 6.65. The monoisotopic (exact) mass is 265 g/mol. The Bertz CT molecular complexity index is 396. The van der Waals surface area contributed by atoms with Crippen molar-refractivity contribution in [2.45, 2.75) is 51.3 Å². The van der Waals surface area contributed by atoms with E-state index in [0.29, 0.717) is 6.04 Å². The molecule has 1 aliphatic heterocycles. The lowest BCUT2D eigenvalue weighted by Crippen LogP contribution is -2.42. The Labute approximate surface area is 114 Å². The fourth-order valence-corrected chi connectivity index (χ4v) is 3.87. The molecule has 1 fully saturated rings. The molecule has 1 aliphatic rings. The number of rotatable bonds is 2. The van der Waals surface area contributed by atoms with Crippen LogP contribution >= 0.6 is 0 Å². The van der Waals surface area contributed by atoms with Gasteiger partial charge in [-0.05, 0) is 46.1 Å². The Morgan fingerprint density at radius 2 is 1.83 bits per heavy atom. The summed E-state index contributed by atoms with van der Waals surface area (Å²) in [6.45, 7) is 9.20. The third kappa shape index (κ3) is 2.90. The lowest BCUT2D eigenvalue weighted by Gasteiger charge is -2.33. The van der Waals surface area contributed by atoms with Crippen LogP contribution in [-0.4, -0.2) is 20.1 Å². The van der Waals surface area contributed by atoms with E-state index in [0.717, 1.165) is 19.4 Å². The zero-order chi connectivity index (χ0) is 13.3. The summed E-state index contributed by atoms with van der Waals surface area (Å²) in [5, 5.41) is 0. The number of hydrogen-bond donors (Lipinski definition) is 0. The van der Waals surface area contributed by atoms with Gasteiger partial charge >= 0.3 is 0 Å². The van der Waals surface area contributed by atoms with Crippen molar-refractivity contribution in [3.63, 3.8) is 0 Å². The third-order valence-electron chi connectivity index (χ3n) is 3.40. The molecule has 0 bridgehead atoms. The highest BCUT2D eigenvalue weighted by Crippen LogP contribution is 2.37. The number of benzene rings is 1. The maximum Gasteiger partial charge on any atom is 0.137 e. The molecule has 0 radical (unpaired) electrons. The lowest BCUT2D eigenvalue weighted by molar-refractivity contribution is 0.380. The van der Waals surface area contributed by atoms with Gasteiger partial charge in [0.2, 0.25) is 0 Å². The van der Waals surface area contributed by atoms with Crippen molar-refractivity contribution in [1.82, 2.24) is 4.31 Å². The molecule has 0 spiro atoms. The molecule has 0 N–H and O–H groups in total.